The first-order valence-corrected chi connectivity index (χ1v) is 7.22. The fourth-order valence-corrected chi connectivity index (χ4v) is 2.00. The Bertz CT molecular complexity index is 460. The number of aliphatic imine (C=N–C) groups is 1. The molecular weight excluding hydrogens is 254 g/mol. The van der Waals surface area contributed by atoms with E-state index in [1.807, 2.05) is 18.2 Å². The van der Waals surface area contributed by atoms with Crippen molar-refractivity contribution in [1.82, 2.24) is 5.32 Å². The molecule has 1 aliphatic rings. The van der Waals surface area contributed by atoms with Crippen molar-refractivity contribution in [2.24, 2.45) is 10.7 Å². The minimum absolute atomic E-state index is 0.477. The van der Waals surface area contributed by atoms with Gasteiger partial charge in [0.05, 0.1) is 19.8 Å². The van der Waals surface area contributed by atoms with Gasteiger partial charge in [-0.2, -0.15) is 0 Å². The predicted octanol–water partition coefficient (Wildman–Crippen LogP) is 2.05. The van der Waals surface area contributed by atoms with E-state index >= 15 is 0 Å². The highest BCUT2D eigenvalue weighted by Crippen LogP contribution is 2.33. The van der Waals surface area contributed by atoms with Crippen LogP contribution in [0.15, 0.2) is 23.2 Å². The minimum atomic E-state index is 0.477. The number of hydrogen-bond acceptors (Lipinski definition) is 3. The predicted molar refractivity (Wildman–Crippen MR) is 80.3 cm³/mol. The molecule has 1 aromatic carbocycles. The Labute approximate surface area is 120 Å². The zero-order valence-corrected chi connectivity index (χ0v) is 12.0. The smallest absolute Gasteiger partial charge is 0.188 e. The Morgan fingerprint density at radius 1 is 1.35 bits per heavy atom. The van der Waals surface area contributed by atoms with Crippen molar-refractivity contribution in [3.8, 4) is 11.5 Å². The summed E-state index contributed by atoms with van der Waals surface area (Å²) in [6.45, 7) is 4.87. The molecule has 1 heterocycles. The molecule has 0 radical (unpaired) electrons. The molecule has 0 unspecified atom stereocenters. The van der Waals surface area contributed by atoms with Gasteiger partial charge < -0.3 is 20.5 Å². The Morgan fingerprint density at radius 3 is 3.05 bits per heavy atom. The van der Waals surface area contributed by atoms with Crippen LogP contribution in [-0.4, -0.2) is 25.7 Å². The number of unbranched alkanes of at least 4 members (excludes halogenated alkanes) is 1. The number of ether oxygens (including phenoxy) is 2. The summed E-state index contributed by atoms with van der Waals surface area (Å²) in [5, 5.41) is 3.10. The van der Waals surface area contributed by atoms with Gasteiger partial charge in [0.1, 0.15) is 0 Å². The number of fused-ring (bicyclic) bond motifs is 1. The van der Waals surface area contributed by atoms with Gasteiger partial charge in [-0.15, -0.1) is 0 Å². The van der Waals surface area contributed by atoms with Crippen molar-refractivity contribution < 1.29 is 9.47 Å². The number of nitrogens with one attached hydrogen (secondary N) is 1. The second kappa shape index (κ2) is 7.62. The van der Waals surface area contributed by atoms with Gasteiger partial charge in [0.2, 0.25) is 0 Å². The topological polar surface area (TPSA) is 68.9 Å². The lowest BCUT2D eigenvalue weighted by atomic mass is 10.2. The average molecular weight is 277 g/mol. The zero-order chi connectivity index (χ0) is 14.2. The molecule has 0 fully saturated rings. The number of nitrogens with zero attached hydrogens (tertiary/aromatic N) is 1. The summed E-state index contributed by atoms with van der Waals surface area (Å²) in [5.74, 6) is 2.08. The summed E-state index contributed by atoms with van der Waals surface area (Å²) >= 11 is 0. The minimum Gasteiger partial charge on any atom is -0.490 e. The van der Waals surface area contributed by atoms with E-state index in [4.69, 9.17) is 15.2 Å². The number of hydrogen-bond donors (Lipinski definition) is 2. The monoisotopic (exact) mass is 277 g/mol. The van der Waals surface area contributed by atoms with Crippen LogP contribution in [0.5, 0.6) is 11.5 Å². The van der Waals surface area contributed by atoms with Crippen LogP contribution in [0.4, 0.5) is 0 Å². The van der Waals surface area contributed by atoms with E-state index in [2.05, 4.69) is 17.2 Å². The van der Waals surface area contributed by atoms with E-state index < -0.39 is 0 Å². The molecule has 3 N–H and O–H groups in total. The number of nitrogens with two attached hydrogens (primary N) is 1. The lowest BCUT2D eigenvalue weighted by molar-refractivity contribution is 0.296. The average Bonchev–Trinajstić information content (AvgIpc) is 2.71. The van der Waals surface area contributed by atoms with E-state index in [0.29, 0.717) is 25.7 Å². The first-order chi connectivity index (χ1) is 9.81. The Balaban J connectivity index is 2.00. The van der Waals surface area contributed by atoms with Crippen molar-refractivity contribution in [3.05, 3.63) is 23.8 Å². The molecule has 5 nitrogen and oxygen atoms in total. The Hall–Kier alpha value is -1.91. The quantitative estimate of drug-likeness (QED) is 0.491. The standard InChI is InChI=1S/C15H23N3O2/c1-2-3-8-17-15(16)18-11-12-6-4-7-13-14(12)20-10-5-9-19-13/h4,6-7H,2-3,5,8-11H2,1H3,(H3,16,17,18). The molecule has 0 aliphatic carbocycles. The molecule has 0 amide bonds. The maximum absolute atomic E-state index is 5.84. The molecule has 0 saturated heterocycles. The summed E-state index contributed by atoms with van der Waals surface area (Å²) in [6, 6.07) is 5.88. The second-order valence-electron chi connectivity index (χ2n) is 4.78. The van der Waals surface area contributed by atoms with Crippen LogP contribution >= 0.6 is 0 Å². The van der Waals surface area contributed by atoms with Crippen LogP contribution in [-0.2, 0) is 6.54 Å². The van der Waals surface area contributed by atoms with Crippen LogP contribution in [0.25, 0.3) is 0 Å². The molecule has 0 atom stereocenters. The lowest BCUT2D eigenvalue weighted by Crippen LogP contribution is -2.32. The molecule has 0 aromatic heterocycles. The molecule has 0 saturated carbocycles. The van der Waals surface area contributed by atoms with Crippen LogP contribution in [0.2, 0.25) is 0 Å². The zero-order valence-electron chi connectivity index (χ0n) is 12.0. The molecular formula is C15H23N3O2. The van der Waals surface area contributed by atoms with Crippen molar-refractivity contribution in [2.45, 2.75) is 32.7 Å². The van der Waals surface area contributed by atoms with Crippen molar-refractivity contribution >= 4 is 5.96 Å². The third-order valence-electron chi connectivity index (χ3n) is 3.11. The number of guanidine groups is 1. The van der Waals surface area contributed by atoms with Gasteiger partial charge in [0.15, 0.2) is 17.5 Å². The summed E-state index contributed by atoms with van der Waals surface area (Å²) in [4.78, 5) is 4.35. The highest BCUT2D eigenvalue weighted by Gasteiger charge is 2.13. The number of rotatable bonds is 5. The first kappa shape index (κ1) is 14.5. The molecule has 20 heavy (non-hydrogen) atoms. The number of benzene rings is 1. The van der Waals surface area contributed by atoms with Crippen LogP contribution in [0.1, 0.15) is 31.7 Å². The second-order valence-corrected chi connectivity index (χ2v) is 4.78. The van der Waals surface area contributed by atoms with E-state index in [9.17, 15) is 0 Å². The SMILES string of the molecule is CCCCNC(N)=NCc1cccc2c1OCCCO2. The van der Waals surface area contributed by atoms with Gasteiger partial charge in [-0.05, 0) is 12.5 Å². The van der Waals surface area contributed by atoms with Crippen LogP contribution in [0.3, 0.4) is 0 Å². The van der Waals surface area contributed by atoms with E-state index in [1.165, 1.54) is 0 Å². The Morgan fingerprint density at radius 2 is 2.20 bits per heavy atom. The Kier molecular flexibility index (Phi) is 5.53. The molecule has 1 aliphatic heterocycles. The summed E-state index contributed by atoms with van der Waals surface area (Å²) in [6.07, 6.45) is 3.13. The lowest BCUT2D eigenvalue weighted by Gasteiger charge is -2.11. The van der Waals surface area contributed by atoms with Gasteiger partial charge in [0.25, 0.3) is 0 Å². The molecule has 110 valence electrons. The first-order valence-electron chi connectivity index (χ1n) is 7.22. The van der Waals surface area contributed by atoms with Crippen molar-refractivity contribution in [1.29, 1.82) is 0 Å². The maximum Gasteiger partial charge on any atom is 0.188 e. The largest absolute Gasteiger partial charge is 0.490 e. The van der Waals surface area contributed by atoms with Crippen molar-refractivity contribution in [3.63, 3.8) is 0 Å². The van der Waals surface area contributed by atoms with Gasteiger partial charge in [0, 0.05) is 18.5 Å². The van der Waals surface area contributed by atoms with E-state index in [-0.39, 0.29) is 0 Å². The highest BCUT2D eigenvalue weighted by molar-refractivity contribution is 5.77. The maximum atomic E-state index is 5.84. The fourth-order valence-electron chi connectivity index (χ4n) is 2.00. The normalized spacial score (nSPS) is 14.8. The third kappa shape index (κ3) is 4.05. The fraction of sp³-hybridized carbons (Fsp3) is 0.533. The van der Waals surface area contributed by atoms with Gasteiger partial charge in [-0.1, -0.05) is 25.5 Å². The van der Waals surface area contributed by atoms with Crippen LogP contribution in [0, 0.1) is 0 Å². The molecule has 1 aromatic rings. The molecule has 0 bridgehead atoms. The van der Waals surface area contributed by atoms with E-state index in [1.54, 1.807) is 0 Å². The van der Waals surface area contributed by atoms with Crippen molar-refractivity contribution in [2.75, 3.05) is 19.8 Å². The summed E-state index contributed by atoms with van der Waals surface area (Å²) < 4.78 is 11.4. The molecule has 0 spiro atoms. The van der Waals surface area contributed by atoms with Gasteiger partial charge in [-0.25, -0.2) is 4.99 Å². The summed E-state index contributed by atoms with van der Waals surface area (Å²) in [7, 11) is 0. The van der Waals surface area contributed by atoms with Gasteiger partial charge >= 0.3 is 0 Å². The van der Waals surface area contributed by atoms with Gasteiger partial charge in [-0.3, -0.25) is 0 Å². The van der Waals surface area contributed by atoms with E-state index in [0.717, 1.165) is 42.9 Å². The number of para-hydroxylation sites is 1. The summed E-state index contributed by atoms with van der Waals surface area (Å²) in [5.41, 5.74) is 6.84. The highest BCUT2D eigenvalue weighted by atomic mass is 16.5. The molecule has 2 rings (SSSR count). The third-order valence-corrected chi connectivity index (χ3v) is 3.11. The van der Waals surface area contributed by atoms with Crippen LogP contribution < -0.4 is 20.5 Å². The molecule has 5 heteroatoms.